The van der Waals surface area contributed by atoms with Gasteiger partial charge in [-0.2, -0.15) is 0 Å². The van der Waals surface area contributed by atoms with Crippen LogP contribution < -0.4 is 10.2 Å². The van der Waals surface area contributed by atoms with Crippen molar-refractivity contribution in [2.24, 2.45) is 5.92 Å². The third kappa shape index (κ3) is 4.45. The average molecular weight is 289 g/mol. The summed E-state index contributed by atoms with van der Waals surface area (Å²) in [6, 6.07) is 9.56. The van der Waals surface area contributed by atoms with Crippen LogP contribution in [0.25, 0.3) is 0 Å². The first-order valence-corrected chi connectivity index (χ1v) is 8.27. The Labute approximate surface area is 130 Å². The summed E-state index contributed by atoms with van der Waals surface area (Å²) >= 11 is 0. The Hall–Kier alpha value is -1.06. The highest BCUT2D eigenvalue weighted by molar-refractivity contribution is 5.46. The number of hydrogen-bond donors (Lipinski definition) is 1. The molecule has 1 aromatic carbocycles. The zero-order valence-electron chi connectivity index (χ0n) is 14.1. The predicted molar refractivity (Wildman–Crippen MR) is 92.0 cm³/mol. The van der Waals surface area contributed by atoms with Crippen molar-refractivity contribution in [3.05, 3.63) is 29.8 Å². The summed E-state index contributed by atoms with van der Waals surface area (Å²) in [5.41, 5.74) is 2.71. The first-order valence-electron chi connectivity index (χ1n) is 8.27. The summed E-state index contributed by atoms with van der Waals surface area (Å²) in [5, 5.41) is 3.27. The number of nitrogens with one attached hydrogen (secondary N) is 1. The predicted octanol–water partition coefficient (Wildman–Crippen LogP) is 3.14. The van der Waals surface area contributed by atoms with Crippen LogP contribution in [0, 0.1) is 5.92 Å². The largest absolute Gasteiger partial charge is 0.378 e. The standard InChI is InChI=1S/C18H31N3/c1-15(17-5-7-18(8-6-17)20(3)4)21-13-10-16(11-14-21)9-12-19-2/h5-8,15-16,19H,9-14H2,1-4H3. The van der Waals surface area contributed by atoms with E-state index in [1.165, 1.54) is 43.6 Å². The third-order valence-corrected chi connectivity index (χ3v) is 4.89. The molecule has 0 radical (unpaired) electrons. The molecule has 3 heteroatoms. The molecule has 1 aliphatic heterocycles. The summed E-state index contributed by atoms with van der Waals surface area (Å²) in [5.74, 6) is 0.914. The first kappa shape index (κ1) is 16.3. The Morgan fingerprint density at radius 3 is 2.33 bits per heavy atom. The van der Waals surface area contributed by atoms with Gasteiger partial charge in [0.15, 0.2) is 0 Å². The minimum absolute atomic E-state index is 0.534. The lowest BCUT2D eigenvalue weighted by Crippen LogP contribution is -2.36. The van der Waals surface area contributed by atoms with Gasteiger partial charge in [0, 0.05) is 25.8 Å². The van der Waals surface area contributed by atoms with Crippen molar-refractivity contribution >= 4 is 5.69 Å². The zero-order valence-corrected chi connectivity index (χ0v) is 14.1. The highest BCUT2D eigenvalue weighted by Gasteiger charge is 2.23. The van der Waals surface area contributed by atoms with Crippen molar-refractivity contribution in [1.29, 1.82) is 0 Å². The van der Waals surface area contributed by atoms with Gasteiger partial charge in [-0.3, -0.25) is 4.90 Å². The molecule has 1 heterocycles. The molecular formula is C18H31N3. The molecule has 0 amide bonds. The van der Waals surface area contributed by atoms with Crippen LogP contribution in [0.15, 0.2) is 24.3 Å². The number of likely N-dealkylation sites (tertiary alicyclic amines) is 1. The van der Waals surface area contributed by atoms with Gasteiger partial charge < -0.3 is 10.2 Å². The molecule has 1 aliphatic rings. The zero-order chi connectivity index (χ0) is 15.2. The second-order valence-corrected chi connectivity index (χ2v) is 6.53. The van der Waals surface area contributed by atoms with E-state index in [1.54, 1.807) is 0 Å². The molecule has 1 atom stereocenters. The van der Waals surface area contributed by atoms with Crippen molar-refractivity contribution in [2.75, 3.05) is 45.7 Å². The Kier molecular flexibility index (Phi) is 6.07. The van der Waals surface area contributed by atoms with Crippen LogP contribution in [0.5, 0.6) is 0 Å². The molecule has 118 valence electrons. The van der Waals surface area contributed by atoms with Crippen LogP contribution in [-0.2, 0) is 0 Å². The van der Waals surface area contributed by atoms with E-state index in [9.17, 15) is 0 Å². The number of anilines is 1. The molecule has 1 aromatic rings. The molecule has 21 heavy (non-hydrogen) atoms. The summed E-state index contributed by atoms with van der Waals surface area (Å²) in [6.45, 7) is 5.99. The van der Waals surface area contributed by atoms with Gasteiger partial charge in [-0.05, 0) is 76.5 Å². The summed E-state index contributed by atoms with van der Waals surface area (Å²) in [4.78, 5) is 4.79. The van der Waals surface area contributed by atoms with Crippen molar-refractivity contribution in [3.8, 4) is 0 Å². The Morgan fingerprint density at radius 2 is 1.81 bits per heavy atom. The van der Waals surface area contributed by atoms with E-state index in [2.05, 4.69) is 67.4 Å². The van der Waals surface area contributed by atoms with Crippen LogP contribution in [-0.4, -0.2) is 45.7 Å². The van der Waals surface area contributed by atoms with Gasteiger partial charge in [0.1, 0.15) is 0 Å². The molecule has 0 aromatic heterocycles. The van der Waals surface area contributed by atoms with E-state index in [0.717, 1.165) is 12.5 Å². The van der Waals surface area contributed by atoms with Crippen LogP contribution in [0.3, 0.4) is 0 Å². The Morgan fingerprint density at radius 1 is 1.19 bits per heavy atom. The van der Waals surface area contributed by atoms with Gasteiger partial charge in [-0.25, -0.2) is 0 Å². The second kappa shape index (κ2) is 7.81. The first-order chi connectivity index (χ1) is 10.1. The summed E-state index contributed by atoms with van der Waals surface area (Å²) in [7, 11) is 6.23. The minimum atomic E-state index is 0.534. The highest BCUT2D eigenvalue weighted by atomic mass is 15.2. The topological polar surface area (TPSA) is 18.5 Å². The summed E-state index contributed by atoms with van der Waals surface area (Å²) < 4.78 is 0. The summed E-state index contributed by atoms with van der Waals surface area (Å²) in [6.07, 6.45) is 4.03. The maximum absolute atomic E-state index is 3.27. The van der Waals surface area contributed by atoms with Crippen LogP contribution in [0.1, 0.15) is 37.8 Å². The second-order valence-electron chi connectivity index (χ2n) is 6.53. The lowest BCUT2D eigenvalue weighted by Gasteiger charge is -2.36. The molecule has 0 spiro atoms. The van der Waals surface area contributed by atoms with Crippen molar-refractivity contribution < 1.29 is 0 Å². The van der Waals surface area contributed by atoms with Gasteiger partial charge >= 0.3 is 0 Å². The monoisotopic (exact) mass is 289 g/mol. The molecule has 0 aliphatic carbocycles. The van der Waals surface area contributed by atoms with Gasteiger partial charge in [0.05, 0.1) is 0 Å². The van der Waals surface area contributed by atoms with Gasteiger partial charge in [-0.1, -0.05) is 12.1 Å². The minimum Gasteiger partial charge on any atom is -0.378 e. The van der Waals surface area contributed by atoms with E-state index in [4.69, 9.17) is 0 Å². The van der Waals surface area contributed by atoms with Crippen molar-refractivity contribution in [1.82, 2.24) is 10.2 Å². The quantitative estimate of drug-likeness (QED) is 0.868. The molecule has 0 saturated carbocycles. The Bertz CT molecular complexity index is 405. The SMILES string of the molecule is CNCCC1CCN(C(C)c2ccc(N(C)C)cc2)CC1. The fourth-order valence-electron chi connectivity index (χ4n) is 3.24. The van der Waals surface area contributed by atoms with E-state index in [-0.39, 0.29) is 0 Å². The number of rotatable bonds is 6. The number of hydrogen-bond acceptors (Lipinski definition) is 3. The molecule has 3 nitrogen and oxygen atoms in total. The molecule has 2 rings (SSSR count). The fraction of sp³-hybridized carbons (Fsp3) is 0.667. The number of piperidine rings is 1. The molecule has 0 bridgehead atoms. The van der Waals surface area contributed by atoms with E-state index in [1.807, 2.05) is 0 Å². The lowest BCUT2D eigenvalue weighted by molar-refractivity contribution is 0.137. The third-order valence-electron chi connectivity index (χ3n) is 4.89. The molecular weight excluding hydrogens is 258 g/mol. The van der Waals surface area contributed by atoms with Crippen molar-refractivity contribution in [3.63, 3.8) is 0 Å². The van der Waals surface area contributed by atoms with Gasteiger partial charge in [-0.15, -0.1) is 0 Å². The van der Waals surface area contributed by atoms with Crippen molar-refractivity contribution in [2.45, 2.75) is 32.2 Å². The molecule has 1 N–H and O–H groups in total. The number of nitrogens with zero attached hydrogens (tertiary/aromatic N) is 2. The molecule has 1 unspecified atom stereocenters. The maximum Gasteiger partial charge on any atom is 0.0361 e. The van der Waals surface area contributed by atoms with Crippen LogP contribution in [0.2, 0.25) is 0 Å². The van der Waals surface area contributed by atoms with E-state index >= 15 is 0 Å². The van der Waals surface area contributed by atoms with E-state index in [0.29, 0.717) is 6.04 Å². The normalized spacial score (nSPS) is 18.7. The Balaban J connectivity index is 1.87. The maximum atomic E-state index is 3.27. The fourth-order valence-corrected chi connectivity index (χ4v) is 3.24. The van der Waals surface area contributed by atoms with Gasteiger partial charge in [0.2, 0.25) is 0 Å². The van der Waals surface area contributed by atoms with Gasteiger partial charge in [0.25, 0.3) is 0 Å². The average Bonchev–Trinajstić information content (AvgIpc) is 2.53. The lowest BCUT2D eigenvalue weighted by atomic mass is 9.92. The smallest absolute Gasteiger partial charge is 0.0361 e. The molecule has 1 saturated heterocycles. The van der Waals surface area contributed by atoms with Crippen LogP contribution in [0.4, 0.5) is 5.69 Å². The highest BCUT2D eigenvalue weighted by Crippen LogP contribution is 2.28. The molecule has 1 fully saturated rings. The van der Waals surface area contributed by atoms with E-state index < -0.39 is 0 Å². The van der Waals surface area contributed by atoms with Crippen LogP contribution >= 0.6 is 0 Å². The number of benzene rings is 1.